The van der Waals surface area contributed by atoms with E-state index in [9.17, 15) is 13.6 Å². The predicted octanol–water partition coefficient (Wildman–Crippen LogP) is 3.03. The zero-order valence-corrected chi connectivity index (χ0v) is 11.3. The highest BCUT2D eigenvalue weighted by atomic mass is 19.2. The first-order chi connectivity index (χ1) is 10.1. The minimum absolute atomic E-state index is 0.0562. The van der Waals surface area contributed by atoms with Gasteiger partial charge in [-0.3, -0.25) is 9.36 Å². The summed E-state index contributed by atoms with van der Waals surface area (Å²) in [5, 5.41) is 0.467. The van der Waals surface area contributed by atoms with Crippen molar-refractivity contribution in [3.05, 3.63) is 75.8 Å². The molecule has 0 bridgehead atoms. The number of halogens is 2. The molecule has 0 saturated carbocycles. The van der Waals surface area contributed by atoms with Crippen molar-refractivity contribution in [3.63, 3.8) is 0 Å². The average molecular weight is 286 g/mol. The lowest BCUT2D eigenvalue weighted by molar-refractivity contribution is 0.494. The summed E-state index contributed by atoms with van der Waals surface area (Å²) < 4.78 is 28.2. The molecule has 3 rings (SSSR count). The molecule has 0 unspecified atom stereocenters. The van der Waals surface area contributed by atoms with Gasteiger partial charge in [0.15, 0.2) is 11.6 Å². The fourth-order valence-corrected chi connectivity index (χ4v) is 2.30. The van der Waals surface area contributed by atoms with Gasteiger partial charge in [0, 0.05) is 5.56 Å². The maximum atomic E-state index is 13.7. The van der Waals surface area contributed by atoms with Gasteiger partial charge >= 0.3 is 0 Å². The van der Waals surface area contributed by atoms with Gasteiger partial charge in [-0.2, -0.15) is 0 Å². The summed E-state index contributed by atoms with van der Waals surface area (Å²) in [6, 6.07) is 9.22. The van der Waals surface area contributed by atoms with E-state index in [1.165, 1.54) is 23.0 Å². The van der Waals surface area contributed by atoms with Crippen molar-refractivity contribution >= 4 is 10.9 Å². The summed E-state index contributed by atoms with van der Waals surface area (Å²) in [7, 11) is 0. The van der Waals surface area contributed by atoms with Crippen molar-refractivity contribution in [2.45, 2.75) is 13.5 Å². The number of aryl methyl sites for hydroxylation is 1. The summed E-state index contributed by atoms with van der Waals surface area (Å²) in [6.45, 7) is 1.81. The molecule has 5 heteroatoms. The Balaban J connectivity index is 2.12. The van der Waals surface area contributed by atoms with Crippen molar-refractivity contribution in [1.82, 2.24) is 9.55 Å². The molecule has 2 aromatic carbocycles. The molecule has 0 amide bonds. The summed E-state index contributed by atoms with van der Waals surface area (Å²) >= 11 is 0. The number of aromatic nitrogens is 2. The second-order valence-electron chi connectivity index (χ2n) is 4.86. The molecule has 0 N–H and O–H groups in total. The Hall–Kier alpha value is -2.56. The predicted molar refractivity (Wildman–Crippen MR) is 76.2 cm³/mol. The third-order valence-electron chi connectivity index (χ3n) is 3.43. The first-order valence-corrected chi connectivity index (χ1v) is 6.45. The Labute approximate surface area is 119 Å². The van der Waals surface area contributed by atoms with E-state index in [4.69, 9.17) is 0 Å². The molecule has 0 radical (unpaired) electrons. The van der Waals surface area contributed by atoms with Gasteiger partial charge in [0.25, 0.3) is 5.56 Å². The molecule has 1 aromatic heterocycles. The second-order valence-corrected chi connectivity index (χ2v) is 4.86. The Kier molecular flexibility index (Phi) is 3.25. The van der Waals surface area contributed by atoms with Gasteiger partial charge in [0.2, 0.25) is 0 Å². The first kappa shape index (κ1) is 13.4. The van der Waals surface area contributed by atoms with Gasteiger partial charge in [-0.05, 0) is 24.6 Å². The van der Waals surface area contributed by atoms with Crippen LogP contribution < -0.4 is 5.56 Å². The zero-order valence-electron chi connectivity index (χ0n) is 11.3. The Morgan fingerprint density at radius 1 is 1.14 bits per heavy atom. The number of rotatable bonds is 2. The second kappa shape index (κ2) is 5.09. The number of nitrogens with zero attached hydrogens (tertiary/aromatic N) is 2. The van der Waals surface area contributed by atoms with Crippen LogP contribution in [0, 0.1) is 18.6 Å². The monoisotopic (exact) mass is 286 g/mol. The van der Waals surface area contributed by atoms with Crippen LogP contribution in [0.15, 0.2) is 47.5 Å². The van der Waals surface area contributed by atoms with Crippen LogP contribution in [-0.4, -0.2) is 9.55 Å². The molecule has 1 heterocycles. The lowest BCUT2D eigenvalue weighted by Crippen LogP contribution is -2.22. The molecular weight excluding hydrogens is 274 g/mol. The molecule has 0 aliphatic heterocycles. The number of hydrogen-bond donors (Lipinski definition) is 0. The van der Waals surface area contributed by atoms with E-state index in [0.717, 1.165) is 11.6 Å². The topological polar surface area (TPSA) is 34.9 Å². The Bertz CT molecular complexity index is 887. The van der Waals surface area contributed by atoms with Crippen molar-refractivity contribution in [2.75, 3.05) is 0 Å². The van der Waals surface area contributed by atoms with Crippen molar-refractivity contribution in [2.24, 2.45) is 0 Å². The highest BCUT2D eigenvalue weighted by Crippen LogP contribution is 2.14. The fraction of sp³-hybridized carbons (Fsp3) is 0.125. The lowest BCUT2D eigenvalue weighted by atomic mass is 10.1. The quantitative estimate of drug-likeness (QED) is 0.726. The normalized spacial score (nSPS) is 11.0. The number of fused-ring (bicyclic) bond motifs is 1. The number of hydrogen-bond acceptors (Lipinski definition) is 2. The summed E-state index contributed by atoms with van der Waals surface area (Å²) in [5.74, 6) is -1.86. The fourth-order valence-electron chi connectivity index (χ4n) is 2.30. The zero-order chi connectivity index (χ0) is 15.0. The summed E-state index contributed by atoms with van der Waals surface area (Å²) in [4.78, 5) is 16.6. The highest BCUT2D eigenvalue weighted by Gasteiger charge is 2.11. The van der Waals surface area contributed by atoms with Crippen LogP contribution in [0.3, 0.4) is 0 Å². The molecular formula is C16H12F2N2O. The van der Waals surface area contributed by atoms with Gasteiger partial charge < -0.3 is 0 Å². The third-order valence-corrected chi connectivity index (χ3v) is 3.43. The van der Waals surface area contributed by atoms with Crippen LogP contribution in [0.4, 0.5) is 8.78 Å². The van der Waals surface area contributed by atoms with E-state index < -0.39 is 11.6 Å². The molecule has 3 nitrogen and oxygen atoms in total. The minimum Gasteiger partial charge on any atom is -0.294 e. The van der Waals surface area contributed by atoms with Crippen molar-refractivity contribution in [1.29, 1.82) is 0 Å². The molecule has 0 spiro atoms. The maximum absolute atomic E-state index is 13.7. The van der Waals surface area contributed by atoms with Gasteiger partial charge in [0.05, 0.1) is 23.8 Å². The minimum atomic E-state index is -0.936. The standard InChI is InChI=1S/C16H12F2N2O/c1-10-4-2-6-12-15(10)19-9-20(16(12)21)8-11-5-3-7-13(17)14(11)18/h2-7,9H,8H2,1H3. The first-order valence-electron chi connectivity index (χ1n) is 6.45. The number of benzene rings is 2. The SMILES string of the molecule is Cc1cccc2c(=O)n(Cc3cccc(F)c3F)cnc12. The van der Waals surface area contributed by atoms with Crippen LogP contribution in [0.2, 0.25) is 0 Å². The van der Waals surface area contributed by atoms with Crippen molar-refractivity contribution < 1.29 is 8.78 Å². The molecule has 0 aliphatic carbocycles. The Morgan fingerprint density at radius 3 is 2.71 bits per heavy atom. The third kappa shape index (κ3) is 2.31. The molecule has 106 valence electrons. The van der Waals surface area contributed by atoms with Crippen LogP contribution >= 0.6 is 0 Å². The molecule has 0 fully saturated rings. The number of para-hydroxylation sites is 1. The summed E-state index contributed by atoms with van der Waals surface area (Å²) in [5.41, 5.74) is 1.37. The van der Waals surface area contributed by atoms with Crippen LogP contribution in [-0.2, 0) is 6.54 Å². The average Bonchev–Trinajstić information content (AvgIpc) is 2.47. The molecule has 3 aromatic rings. The molecule has 21 heavy (non-hydrogen) atoms. The van der Waals surface area contributed by atoms with Gasteiger partial charge in [-0.15, -0.1) is 0 Å². The Morgan fingerprint density at radius 2 is 1.90 bits per heavy atom. The van der Waals surface area contributed by atoms with E-state index in [0.29, 0.717) is 10.9 Å². The van der Waals surface area contributed by atoms with Crippen LogP contribution in [0.1, 0.15) is 11.1 Å². The smallest absolute Gasteiger partial charge is 0.261 e. The molecule has 0 aliphatic rings. The largest absolute Gasteiger partial charge is 0.294 e. The maximum Gasteiger partial charge on any atom is 0.261 e. The van der Waals surface area contributed by atoms with E-state index in [1.54, 1.807) is 12.1 Å². The van der Waals surface area contributed by atoms with Crippen LogP contribution in [0.5, 0.6) is 0 Å². The van der Waals surface area contributed by atoms with Gasteiger partial charge in [0.1, 0.15) is 0 Å². The highest BCUT2D eigenvalue weighted by molar-refractivity contribution is 5.80. The summed E-state index contributed by atoms with van der Waals surface area (Å²) in [6.07, 6.45) is 1.36. The lowest BCUT2D eigenvalue weighted by Gasteiger charge is -2.09. The van der Waals surface area contributed by atoms with E-state index in [2.05, 4.69) is 4.98 Å². The molecule has 0 saturated heterocycles. The van der Waals surface area contributed by atoms with Gasteiger partial charge in [-0.1, -0.05) is 24.3 Å². The van der Waals surface area contributed by atoms with Crippen molar-refractivity contribution in [3.8, 4) is 0 Å². The van der Waals surface area contributed by atoms with E-state index >= 15 is 0 Å². The van der Waals surface area contributed by atoms with Gasteiger partial charge in [-0.25, -0.2) is 13.8 Å². The van der Waals surface area contributed by atoms with E-state index in [-0.39, 0.29) is 17.7 Å². The van der Waals surface area contributed by atoms with E-state index in [1.807, 2.05) is 13.0 Å². The van der Waals surface area contributed by atoms with Crippen LogP contribution in [0.25, 0.3) is 10.9 Å². The molecule has 0 atom stereocenters.